The number of benzene rings is 1. The topological polar surface area (TPSA) is 52.6 Å². The van der Waals surface area contributed by atoms with Crippen LogP contribution in [-0.2, 0) is 9.47 Å². The summed E-state index contributed by atoms with van der Waals surface area (Å²) >= 11 is 0. The van der Waals surface area contributed by atoms with Crippen molar-refractivity contribution in [1.82, 2.24) is 0 Å². The molecular formula is C16H24O4. The van der Waals surface area contributed by atoms with E-state index in [1.807, 2.05) is 13.8 Å². The molecule has 0 N–H and O–H groups in total. The largest absolute Gasteiger partial charge is 0.461 e. The Bertz CT molecular complexity index is 446. The summed E-state index contributed by atoms with van der Waals surface area (Å²) in [4.78, 5) is 23.0. The second-order valence-electron chi connectivity index (χ2n) is 5.31. The van der Waals surface area contributed by atoms with Crippen LogP contribution in [0, 0.1) is 5.41 Å². The van der Waals surface area contributed by atoms with Crippen LogP contribution in [0.3, 0.4) is 0 Å². The Morgan fingerprint density at radius 2 is 1.55 bits per heavy atom. The van der Waals surface area contributed by atoms with Gasteiger partial charge in [0.1, 0.15) is 0 Å². The summed E-state index contributed by atoms with van der Waals surface area (Å²) in [5.41, 5.74) is 0.804. The fourth-order valence-electron chi connectivity index (χ4n) is 1.62. The lowest BCUT2D eigenvalue weighted by Crippen LogP contribution is -2.26. The molecule has 0 saturated heterocycles. The molecule has 1 aromatic rings. The maximum absolute atomic E-state index is 11.8. The number of carbonyl (C=O) groups excluding carboxylic acids is 2. The number of rotatable bonds is 6. The van der Waals surface area contributed by atoms with Gasteiger partial charge in [0.2, 0.25) is 0 Å². The van der Waals surface area contributed by atoms with Crippen LogP contribution in [0.15, 0.2) is 24.3 Å². The molecule has 20 heavy (non-hydrogen) atoms. The Labute approximate surface area is 121 Å². The molecule has 0 atom stereocenters. The molecule has 1 aromatic carbocycles. The van der Waals surface area contributed by atoms with Crippen LogP contribution in [0.4, 0.5) is 0 Å². The van der Waals surface area contributed by atoms with Crippen molar-refractivity contribution >= 4 is 11.8 Å². The first-order valence-corrected chi connectivity index (χ1v) is 6.13. The summed E-state index contributed by atoms with van der Waals surface area (Å²) in [6, 6.07) is 6.45. The number of ketones is 1. The van der Waals surface area contributed by atoms with Gasteiger partial charge in [0.05, 0.1) is 18.8 Å². The van der Waals surface area contributed by atoms with E-state index in [4.69, 9.17) is 9.47 Å². The number of hydrogen-bond donors (Lipinski definition) is 0. The van der Waals surface area contributed by atoms with E-state index < -0.39 is 0 Å². The Morgan fingerprint density at radius 3 is 2.00 bits per heavy atom. The number of carbonyl (C=O) groups is 2. The third-order valence-corrected chi connectivity index (χ3v) is 2.66. The first-order chi connectivity index (χ1) is 8.85. The highest BCUT2D eigenvalue weighted by Gasteiger charge is 2.20. The number of methoxy groups -OCH3 is 1. The lowest BCUT2D eigenvalue weighted by Gasteiger charge is -2.22. The highest BCUT2D eigenvalue weighted by Crippen LogP contribution is 2.16. The average Bonchev–Trinajstić information content (AvgIpc) is 2.36. The quantitative estimate of drug-likeness (QED) is 0.592. The van der Waals surface area contributed by atoms with Gasteiger partial charge in [0.15, 0.2) is 5.78 Å². The van der Waals surface area contributed by atoms with Crippen molar-refractivity contribution in [2.75, 3.05) is 20.3 Å². The molecular weight excluding hydrogens is 256 g/mol. The molecule has 1 rings (SSSR count). The van der Waals surface area contributed by atoms with Gasteiger partial charge in [-0.15, -0.1) is 0 Å². The molecule has 0 aromatic heterocycles. The lowest BCUT2D eigenvalue weighted by molar-refractivity contribution is 0.0136. The summed E-state index contributed by atoms with van der Waals surface area (Å²) in [7, 11) is 1.62. The first kappa shape index (κ1) is 18.3. The summed E-state index contributed by atoms with van der Waals surface area (Å²) < 4.78 is 10.3. The smallest absolute Gasteiger partial charge is 0.338 e. The number of hydrogen-bond acceptors (Lipinski definition) is 4. The molecule has 0 fully saturated rings. The van der Waals surface area contributed by atoms with Crippen LogP contribution >= 0.6 is 0 Å². The standard InChI is InChI=1S/C15H20O4.CH4/c1-11(16)12-5-7-13(8-6-12)14(17)19-10-15(2,3)9-18-4;/h5-8H,9-10H2,1-4H3;1H4. The molecule has 4 heteroatoms. The van der Waals surface area contributed by atoms with E-state index in [2.05, 4.69) is 0 Å². The highest BCUT2D eigenvalue weighted by atomic mass is 16.5. The highest BCUT2D eigenvalue weighted by molar-refractivity contribution is 5.96. The van der Waals surface area contributed by atoms with Crippen molar-refractivity contribution in [2.45, 2.75) is 28.2 Å². The fourth-order valence-corrected chi connectivity index (χ4v) is 1.62. The van der Waals surface area contributed by atoms with Crippen LogP contribution in [-0.4, -0.2) is 32.1 Å². The van der Waals surface area contributed by atoms with Crippen LogP contribution in [0.2, 0.25) is 0 Å². The minimum Gasteiger partial charge on any atom is -0.461 e. The van der Waals surface area contributed by atoms with E-state index in [-0.39, 0.29) is 31.2 Å². The van der Waals surface area contributed by atoms with E-state index in [0.29, 0.717) is 17.7 Å². The van der Waals surface area contributed by atoms with Crippen molar-refractivity contribution < 1.29 is 19.1 Å². The Morgan fingerprint density at radius 1 is 1.05 bits per heavy atom. The van der Waals surface area contributed by atoms with Crippen molar-refractivity contribution in [3.8, 4) is 0 Å². The van der Waals surface area contributed by atoms with E-state index >= 15 is 0 Å². The molecule has 0 amide bonds. The monoisotopic (exact) mass is 280 g/mol. The van der Waals surface area contributed by atoms with Gasteiger partial charge in [-0.25, -0.2) is 4.79 Å². The molecule has 0 unspecified atom stereocenters. The molecule has 112 valence electrons. The van der Waals surface area contributed by atoms with Gasteiger partial charge >= 0.3 is 5.97 Å². The van der Waals surface area contributed by atoms with Gasteiger partial charge in [0.25, 0.3) is 0 Å². The zero-order valence-corrected chi connectivity index (χ0v) is 11.9. The molecule has 0 spiro atoms. The molecule has 0 heterocycles. The maximum Gasteiger partial charge on any atom is 0.338 e. The molecule has 0 bridgehead atoms. The summed E-state index contributed by atoms with van der Waals surface area (Å²) in [5, 5.41) is 0. The normalized spacial score (nSPS) is 10.6. The lowest BCUT2D eigenvalue weighted by atomic mass is 9.96. The second kappa shape index (κ2) is 7.80. The molecule has 0 radical (unpaired) electrons. The average molecular weight is 280 g/mol. The van der Waals surface area contributed by atoms with Crippen LogP contribution in [0.5, 0.6) is 0 Å². The van der Waals surface area contributed by atoms with E-state index in [0.717, 1.165) is 0 Å². The minimum atomic E-state index is -0.390. The first-order valence-electron chi connectivity index (χ1n) is 6.13. The van der Waals surface area contributed by atoms with E-state index in [1.54, 1.807) is 31.4 Å². The summed E-state index contributed by atoms with van der Waals surface area (Å²) in [5.74, 6) is -0.416. The van der Waals surface area contributed by atoms with Gasteiger partial charge in [0, 0.05) is 18.1 Å². The molecule has 0 aliphatic carbocycles. The third-order valence-electron chi connectivity index (χ3n) is 2.66. The zero-order chi connectivity index (χ0) is 14.5. The summed E-state index contributed by atoms with van der Waals surface area (Å²) in [6.07, 6.45) is 0. The molecule has 4 nitrogen and oxygen atoms in total. The van der Waals surface area contributed by atoms with Crippen molar-refractivity contribution in [1.29, 1.82) is 0 Å². The molecule has 0 aliphatic rings. The molecule has 0 aliphatic heterocycles. The van der Waals surface area contributed by atoms with Crippen molar-refractivity contribution in [3.63, 3.8) is 0 Å². The van der Waals surface area contributed by atoms with Gasteiger partial charge in [-0.2, -0.15) is 0 Å². The number of esters is 1. The number of ether oxygens (including phenoxy) is 2. The van der Waals surface area contributed by atoms with Crippen LogP contribution < -0.4 is 0 Å². The second-order valence-corrected chi connectivity index (χ2v) is 5.31. The van der Waals surface area contributed by atoms with Gasteiger partial charge < -0.3 is 9.47 Å². The fraction of sp³-hybridized carbons (Fsp3) is 0.500. The maximum atomic E-state index is 11.8. The predicted octanol–water partition coefficient (Wildman–Crippen LogP) is 3.35. The Balaban J connectivity index is 0.00000361. The zero-order valence-electron chi connectivity index (χ0n) is 11.9. The minimum absolute atomic E-state index is 0. The third kappa shape index (κ3) is 5.53. The van der Waals surface area contributed by atoms with Crippen LogP contribution in [0.1, 0.15) is 48.9 Å². The number of Topliss-reactive ketones (excluding diaryl/α,β-unsaturated/α-hetero) is 1. The Hall–Kier alpha value is -1.68. The predicted molar refractivity (Wildman–Crippen MR) is 79.1 cm³/mol. The van der Waals surface area contributed by atoms with Crippen LogP contribution in [0.25, 0.3) is 0 Å². The van der Waals surface area contributed by atoms with Gasteiger partial charge in [-0.05, 0) is 19.1 Å². The van der Waals surface area contributed by atoms with Gasteiger partial charge in [-0.3, -0.25) is 4.79 Å². The van der Waals surface area contributed by atoms with Crippen molar-refractivity contribution in [2.24, 2.45) is 5.41 Å². The van der Waals surface area contributed by atoms with E-state index in [9.17, 15) is 9.59 Å². The van der Waals surface area contributed by atoms with Crippen molar-refractivity contribution in [3.05, 3.63) is 35.4 Å². The SMILES string of the molecule is C.COCC(C)(C)COC(=O)c1ccc(C(C)=O)cc1. The van der Waals surface area contributed by atoms with E-state index in [1.165, 1.54) is 6.92 Å². The molecule has 0 saturated carbocycles. The van der Waals surface area contributed by atoms with Gasteiger partial charge in [-0.1, -0.05) is 33.4 Å². The summed E-state index contributed by atoms with van der Waals surface area (Å²) in [6.45, 7) is 6.21. The Kier molecular flexibility index (Phi) is 7.14.